The lowest BCUT2D eigenvalue weighted by atomic mass is 10.2. The van der Waals surface area contributed by atoms with Crippen LogP contribution in [0, 0.1) is 0 Å². The maximum absolute atomic E-state index is 5.54. The number of aliphatic imine (C=N–C) groups is 1. The Hall–Kier alpha value is -0.610. The molecule has 0 radical (unpaired) electrons. The van der Waals surface area contributed by atoms with Crippen molar-refractivity contribution < 1.29 is 4.74 Å². The van der Waals surface area contributed by atoms with Gasteiger partial charge in [0.05, 0.1) is 12.1 Å². The van der Waals surface area contributed by atoms with Gasteiger partial charge in [-0.15, -0.1) is 0 Å². The van der Waals surface area contributed by atoms with Gasteiger partial charge in [0.2, 0.25) is 5.90 Å². The lowest BCUT2D eigenvalue weighted by Gasteiger charge is -2.32. The first-order valence-corrected chi connectivity index (χ1v) is 4.89. The summed E-state index contributed by atoms with van der Waals surface area (Å²) in [5.41, 5.74) is 0. The first kappa shape index (κ1) is 8.97. The summed E-state index contributed by atoms with van der Waals surface area (Å²) in [7, 11) is 2.13. The predicted molar refractivity (Wildman–Crippen MR) is 52.1 cm³/mol. The number of hydrogen-bond acceptors (Lipinski definition) is 4. The molecule has 4 heteroatoms. The van der Waals surface area contributed by atoms with E-state index < -0.39 is 0 Å². The molecule has 1 N–H and O–H groups in total. The molecule has 13 heavy (non-hydrogen) atoms. The summed E-state index contributed by atoms with van der Waals surface area (Å²) in [6.45, 7) is 5.93. The quantitative estimate of drug-likeness (QED) is 0.607. The third kappa shape index (κ3) is 1.84. The third-order valence-electron chi connectivity index (χ3n) is 2.62. The van der Waals surface area contributed by atoms with Crippen LogP contribution in [-0.2, 0) is 4.74 Å². The highest BCUT2D eigenvalue weighted by Gasteiger charge is 2.28. The van der Waals surface area contributed by atoms with Crippen molar-refractivity contribution in [2.24, 2.45) is 4.99 Å². The van der Waals surface area contributed by atoms with Gasteiger partial charge in [-0.25, -0.2) is 4.99 Å². The van der Waals surface area contributed by atoms with Gasteiger partial charge < -0.3 is 10.1 Å². The van der Waals surface area contributed by atoms with E-state index in [0.29, 0.717) is 12.1 Å². The number of ether oxygens (including phenoxy) is 1. The second-order valence-corrected chi connectivity index (χ2v) is 3.83. The molecular formula is C9H17N3O. The van der Waals surface area contributed by atoms with Crippen molar-refractivity contribution in [1.82, 2.24) is 10.2 Å². The molecule has 0 aliphatic carbocycles. The van der Waals surface area contributed by atoms with Crippen molar-refractivity contribution in [2.45, 2.75) is 19.0 Å². The van der Waals surface area contributed by atoms with Gasteiger partial charge >= 0.3 is 0 Å². The Balaban J connectivity index is 2.02. The Kier molecular flexibility index (Phi) is 2.51. The molecule has 2 rings (SSSR count). The summed E-state index contributed by atoms with van der Waals surface area (Å²) < 4.78 is 5.54. The Labute approximate surface area is 79.0 Å². The lowest BCUT2D eigenvalue weighted by molar-refractivity contribution is 0.212. The smallest absolute Gasteiger partial charge is 0.202 e. The largest absolute Gasteiger partial charge is 0.478 e. The summed E-state index contributed by atoms with van der Waals surface area (Å²) >= 11 is 0. The predicted octanol–water partition coefficient (Wildman–Crippen LogP) is -0.293. The number of hydrogen-bond donors (Lipinski definition) is 1. The number of nitrogens with one attached hydrogen (secondary N) is 1. The molecule has 2 heterocycles. The van der Waals surface area contributed by atoms with E-state index in [1.54, 1.807) is 0 Å². The fraction of sp³-hybridized carbons (Fsp3) is 0.889. The van der Waals surface area contributed by atoms with Crippen LogP contribution in [0.1, 0.15) is 6.92 Å². The molecule has 2 atom stereocenters. The van der Waals surface area contributed by atoms with Crippen LogP contribution in [-0.4, -0.2) is 56.2 Å². The highest BCUT2D eigenvalue weighted by molar-refractivity contribution is 5.83. The van der Waals surface area contributed by atoms with Crippen molar-refractivity contribution >= 4 is 5.90 Å². The molecule has 2 unspecified atom stereocenters. The van der Waals surface area contributed by atoms with Gasteiger partial charge in [-0.05, 0) is 14.0 Å². The second kappa shape index (κ2) is 3.64. The van der Waals surface area contributed by atoms with Gasteiger partial charge in [0.1, 0.15) is 6.61 Å². The van der Waals surface area contributed by atoms with Crippen molar-refractivity contribution in [3.8, 4) is 0 Å². The van der Waals surface area contributed by atoms with Crippen LogP contribution in [0.2, 0.25) is 0 Å². The molecule has 4 nitrogen and oxygen atoms in total. The molecule has 1 saturated heterocycles. The van der Waals surface area contributed by atoms with Crippen LogP contribution < -0.4 is 5.32 Å². The second-order valence-electron chi connectivity index (χ2n) is 3.83. The summed E-state index contributed by atoms with van der Waals surface area (Å²) in [6, 6.07) is 0.684. The topological polar surface area (TPSA) is 36.9 Å². The molecule has 0 aromatic carbocycles. The molecular weight excluding hydrogens is 166 g/mol. The Morgan fingerprint density at radius 3 is 3.08 bits per heavy atom. The van der Waals surface area contributed by atoms with Crippen molar-refractivity contribution in [2.75, 3.05) is 33.3 Å². The van der Waals surface area contributed by atoms with Crippen LogP contribution in [0.3, 0.4) is 0 Å². The monoisotopic (exact) mass is 183 g/mol. The normalized spacial score (nSPS) is 35.7. The molecule has 0 bridgehead atoms. The van der Waals surface area contributed by atoms with E-state index in [-0.39, 0.29) is 0 Å². The van der Waals surface area contributed by atoms with E-state index in [2.05, 4.69) is 29.2 Å². The van der Waals surface area contributed by atoms with Crippen LogP contribution in [0.15, 0.2) is 4.99 Å². The zero-order valence-electron chi connectivity index (χ0n) is 8.29. The van der Waals surface area contributed by atoms with Gasteiger partial charge in [-0.1, -0.05) is 0 Å². The molecule has 2 aliphatic rings. The average Bonchev–Trinajstić information content (AvgIpc) is 2.53. The van der Waals surface area contributed by atoms with Crippen LogP contribution >= 0.6 is 0 Å². The van der Waals surface area contributed by atoms with E-state index >= 15 is 0 Å². The summed E-state index contributed by atoms with van der Waals surface area (Å²) in [4.78, 5) is 6.77. The highest BCUT2D eigenvalue weighted by atomic mass is 16.5. The SMILES string of the molecule is CC1COC(C2CNCCN2C)=N1. The molecule has 2 aliphatic heterocycles. The zero-order valence-corrected chi connectivity index (χ0v) is 8.29. The molecule has 1 fully saturated rings. The summed E-state index contributed by atoms with van der Waals surface area (Å²) in [6.07, 6.45) is 0. The third-order valence-corrected chi connectivity index (χ3v) is 2.62. The van der Waals surface area contributed by atoms with Crippen molar-refractivity contribution in [3.05, 3.63) is 0 Å². The minimum atomic E-state index is 0.338. The molecule has 0 amide bonds. The number of likely N-dealkylation sites (N-methyl/N-ethyl adjacent to an activating group) is 1. The van der Waals surface area contributed by atoms with E-state index in [1.807, 2.05) is 0 Å². The zero-order chi connectivity index (χ0) is 9.26. The first-order chi connectivity index (χ1) is 6.27. The minimum absolute atomic E-state index is 0.338. The van der Waals surface area contributed by atoms with E-state index in [9.17, 15) is 0 Å². The van der Waals surface area contributed by atoms with Crippen molar-refractivity contribution in [1.29, 1.82) is 0 Å². The highest BCUT2D eigenvalue weighted by Crippen LogP contribution is 2.11. The van der Waals surface area contributed by atoms with Crippen LogP contribution in [0.5, 0.6) is 0 Å². The van der Waals surface area contributed by atoms with E-state index in [4.69, 9.17) is 4.74 Å². The summed E-state index contributed by atoms with van der Waals surface area (Å²) in [5.74, 6) is 0.919. The maximum Gasteiger partial charge on any atom is 0.202 e. The molecule has 0 aromatic heterocycles. The Bertz CT molecular complexity index is 217. The molecule has 74 valence electrons. The minimum Gasteiger partial charge on any atom is -0.478 e. The average molecular weight is 183 g/mol. The van der Waals surface area contributed by atoms with E-state index in [0.717, 1.165) is 32.1 Å². The maximum atomic E-state index is 5.54. The first-order valence-electron chi connectivity index (χ1n) is 4.89. The lowest BCUT2D eigenvalue weighted by Crippen LogP contribution is -2.53. The molecule has 0 spiro atoms. The fourth-order valence-electron chi connectivity index (χ4n) is 1.76. The number of piperazine rings is 1. The number of rotatable bonds is 1. The van der Waals surface area contributed by atoms with Crippen LogP contribution in [0.4, 0.5) is 0 Å². The van der Waals surface area contributed by atoms with Gasteiger partial charge in [0.15, 0.2) is 0 Å². The summed E-state index contributed by atoms with van der Waals surface area (Å²) in [5, 5.41) is 3.35. The van der Waals surface area contributed by atoms with E-state index in [1.165, 1.54) is 0 Å². The van der Waals surface area contributed by atoms with Crippen molar-refractivity contribution in [3.63, 3.8) is 0 Å². The fourth-order valence-corrected chi connectivity index (χ4v) is 1.76. The van der Waals surface area contributed by atoms with Gasteiger partial charge in [-0.3, -0.25) is 4.90 Å². The van der Waals surface area contributed by atoms with Gasteiger partial charge in [0, 0.05) is 19.6 Å². The van der Waals surface area contributed by atoms with Gasteiger partial charge in [0.25, 0.3) is 0 Å². The Morgan fingerprint density at radius 1 is 1.62 bits per heavy atom. The molecule has 0 saturated carbocycles. The Morgan fingerprint density at radius 2 is 2.46 bits per heavy atom. The van der Waals surface area contributed by atoms with Crippen LogP contribution in [0.25, 0.3) is 0 Å². The number of nitrogens with zero attached hydrogens (tertiary/aromatic N) is 2. The van der Waals surface area contributed by atoms with Gasteiger partial charge in [-0.2, -0.15) is 0 Å². The standard InChI is InChI=1S/C9H17N3O/c1-7-6-13-9(11-7)8-5-10-3-4-12(8)2/h7-8,10H,3-6H2,1-2H3. The molecule has 0 aromatic rings.